The lowest BCUT2D eigenvalue weighted by molar-refractivity contribution is -0.136. The molecule has 0 unspecified atom stereocenters. The second kappa shape index (κ2) is 9.29. The molecule has 0 aliphatic rings. The Morgan fingerprint density at radius 2 is 2.08 bits per heavy atom. The van der Waals surface area contributed by atoms with Crippen LogP contribution in [0, 0.1) is 11.3 Å². The molecule has 0 aromatic heterocycles. The number of nitrogens with one attached hydrogen (secondary N) is 1. The highest BCUT2D eigenvalue weighted by atomic mass is 16.5. The Morgan fingerprint density at radius 1 is 1.38 bits per heavy atom. The number of nitrogens with zero attached hydrogens (tertiary/aromatic N) is 1. The SMILES string of the molecule is CCCCC[C@@](C)(OC)C(=O)Nc1ccc(OC(C)C)c(C#N)c1. The summed E-state index contributed by atoms with van der Waals surface area (Å²) in [6, 6.07) is 7.16. The monoisotopic (exact) mass is 332 g/mol. The minimum Gasteiger partial charge on any atom is -0.490 e. The van der Waals surface area contributed by atoms with E-state index in [1.54, 1.807) is 32.2 Å². The Bertz CT molecular complexity index is 593. The van der Waals surface area contributed by atoms with Gasteiger partial charge in [0.2, 0.25) is 0 Å². The van der Waals surface area contributed by atoms with Gasteiger partial charge in [0.05, 0.1) is 11.7 Å². The van der Waals surface area contributed by atoms with Gasteiger partial charge in [0.15, 0.2) is 0 Å². The molecule has 24 heavy (non-hydrogen) atoms. The van der Waals surface area contributed by atoms with Crippen molar-refractivity contribution in [2.45, 2.75) is 65.1 Å². The summed E-state index contributed by atoms with van der Waals surface area (Å²) in [5, 5.41) is 12.1. The molecule has 5 nitrogen and oxygen atoms in total. The molecule has 0 spiro atoms. The average molecular weight is 332 g/mol. The molecule has 132 valence electrons. The third kappa shape index (κ3) is 5.54. The van der Waals surface area contributed by atoms with Crippen LogP contribution in [-0.4, -0.2) is 24.7 Å². The normalized spacial score (nSPS) is 13.2. The summed E-state index contributed by atoms with van der Waals surface area (Å²) < 4.78 is 11.0. The van der Waals surface area contributed by atoms with E-state index >= 15 is 0 Å². The van der Waals surface area contributed by atoms with E-state index in [1.807, 2.05) is 13.8 Å². The second-order valence-corrected chi connectivity index (χ2v) is 6.34. The Morgan fingerprint density at radius 3 is 2.62 bits per heavy atom. The third-order valence-corrected chi connectivity index (χ3v) is 3.91. The van der Waals surface area contributed by atoms with E-state index in [0.29, 0.717) is 23.4 Å². The zero-order valence-corrected chi connectivity index (χ0v) is 15.3. The molecule has 0 fully saturated rings. The minimum atomic E-state index is -0.880. The highest BCUT2D eigenvalue weighted by molar-refractivity contribution is 5.97. The van der Waals surface area contributed by atoms with Crippen LogP contribution in [0.5, 0.6) is 5.75 Å². The summed E-state index contributed by atoms with van der Waals surface area (Å²) in [6.45, 7) is 7.71. The smallest absolute Gasteiger partial charge is 0.256 e. The number of methoxy groups -OCH3 is 1. The molecule has 1 amide bonds. The first-order chi connectivity index (χ1) is 11.4. The summed E-state index contributed by atoms with van der Waals surface area (Å²) in [5.74, 6) is 0.311. The molecule has 0 saturated heterocycles. The van der Waals surface area contributed by atoms with Crippen molar-refractivity contribution in [3.63, 3.8) is 0 Å². The fourth-order valence-corrected chi connectivity index (χ4v) is 2.34. The maximum Gasteiger partial charge on any atom is 0.256 e. The molecule has 0 bridgehead atoms. The number of nitriles is 1. The van der Waals surface area contributed by atoms with Gasteiger partial charge in [0.1, 0.15) is 17.4 Å². The van der Waals surface area contributed by atoms with Crippen molar-refractivity contribution in [3.05, 3.63) is 23.8 Å². The standard InChI is InChI=1S/C19H28N2O3/c1-6-7-8-11-19(4,23-5)18(22)21-16-9-10-17(24-14(2)3)15(12-16)13-20/h9-10,12,14H,6-8,11H2,1-5H3,(H,21,22)/t19-/m1/s1. The topological polar surface area (TPSA) is 71.3 Å². The van der Waals surface area contributed by atoms with Gasteiger partial charge in [-0.25, -0.2) is 0 Å². The highest BCUT2D eigenvalue weighted by Crippen LogP contribution is 2.25. The van der Waals surface area contributed by atoms with E-state index in [9.17, 15) is 10.1 Å². The summed E-state index contributed by atoms with van der Waals surface area (Å²) >= 11 is 0. The van der Waals surface area contributed by atoms with Crippen molar-refractivity contribution in [2.24, 2.45) is 0 Å². The first kappa shape index (κ1) is 20.0. The number of anilines is 1. The molecule has 0 saturated carbocycles. The number of hydrogen-bond donors (Lipinski definition) is 1. The van der Waals surface area contributed by atoms with E-state index in [1.165, 1.54) is 0 Å². The first-order valence-corrected chi connectivity index (χ1v) is 8.43. The lowest BCUT2D eigenvalue weighted by Crippen LogP contribution is -2.42. The van der Waals surface area contributed by atoms with Gasteiger partial charge in [0, 0.05) is 12.8 Å². The van der Waals surface area contributed by atoms with Crippen LogP contribution in [0.15, 0.2) is 18.2 Å². The van der Waals surface area contributed by atoms with Gasteiger partial charge < -0.3 is 14.8 Å². The quantitative estimate of drug-likeness (QED) is 0.686. The molecular formula is C19H28N2O3. The molecule has 0 aliphatic heterocycles. The molecule has 1 aromatic rings. The van der Waals surface area contributed by atoms with Crippen molar-refractivity contribution < 1.29 is 14.3 Å². The Hall–Kier alpha value is -2.06. The van der Waals surface area contributed by atoms with Crippen molar-refractivity contribution in [2.75, 3.05) is 12.4 Å². The van der Waals surface area contributed by atoms with Crippen LogP contribution in [-0.2, 0) is 9.53 Å². The zero-order valence-electron chi connectivity index (χ0n) is 15.3. The number of benzene rings is 1. The van der Waals surface area contributed by atoms with Gasteiger partial charge in [-0.05, 0) is 45.4 Å². The van der Waals surface area contributed by atoms with Crippen molar-refractivity contribution in [1.82, 2.24) is 0 Å². The van der Waals surface area contributed by atoms with Crippen LogP contribution < -0.4 is 10.1 Å². The maximum atomic E-state index is 12.6. The lowest BCUT2D eigenvalue weighted by atomic mass is 9.97. The lowest BCUT2D eigenvalue weighted by Gasteiger charge is -2.27. The largest absolute Gasteiger partial charge is 0.490 e. The van der Waals surface area contributed by atoms with Crippen LogP contribution in [0.4, 0.5) is 5.69 Å². The Labute approximate surface area is 145 Å². The predicted octanol–water partition coefficient (Wildman–Crippen LogP) is 4.27. The number of carbonyl (C=O) groups is 1. The number of rotatable bonds is 9. The summed E-state index contributed by atoms with van der Waals surface area (Å²) in [6.07, 6.45) is 3.71. The van der Waals surface area contributed by atoms with Crippen LogP contribution in [0.3, 0.4) is 0 Å². The molecule has 5 heteroatoms. The van der Waals surface area contributed by atoms with Crippen molar-refractivity contribution >= 4 is 11.6 Å². The van der Waals surface area contributed by atoms with E-state index in [4.69, 9.17) is 9.47 Å². The molecule has 0 heterocycles. The van der Waals surface area contributed by atoms with E-state index in [-0.39, 0.29) is 12.0 Å². The number of ether oxygens (including phenoxy) is 2. The van der Waals surface area contributed by atoms with Crippen LogP contribution in [0.2, 0.25) is 0 Å². The fraction of sp³-hybridized carbons (Fsp3) is 0.579. The number of carbonyl (C=O) groups excluding carboxylic acids is 1. The molecule has 0 aliphatic carbocycles. The van der Waals surface area contributed by atoms with E-state index < -0.39 is 5.60 Å². The number of amides is 1. The molecule has 0 radical (unpaired) electrons. The predicted molar refractivity (Wildman–Crippen MR) is 95.1 cm³/mol. The summed E-state index contributed by atoms with van der Waals surface area (Å²) in [4.78, 5) is 12.6. The fourth-order valence-electron chi connectivity index (χ4n) is 2.34. The zero-order chi connectivity index (χ0) is 18.2. The second-order valence-electron chi connectivity index (χ2n) is 6.34. The molecule has 1 atom stereocenters. The number of unbranched alkanes of at least 4 members (excludes halogenated alkanes) is 2. The molecule has 1 rings (SSSR count). The van der Waals surface area contributed by atoms with Gasteiger partial charge in [-0.15, -0.1) is 0 Å². The summed E-state index contributed by atoms with van der Waals surface area (Å²) in [7, 11) is 1.55. The highest BCUT2D eigenvalue weighted by Gasteiger charge is 2.32. The van der Waals surface area contributed by atoms with E-state index in [2.05, 4.69) is 18.3 Å². The minimum absolute atomic E-state index is 0.0205. The van der Waals surface area contributed by atoms with Gasteiger partial charge in [-0.3, -0.25) is 4.79 Å². The molecular weight excluding hydrogens is 304 g/mol. The maximum absolute atomic E-state index is 12.6. The number of hydrogen-bond acceptors (Lipinski definition) is 4. The van der Waals surface area contributed by atoms with Gasteiger partial charge in [0.25, 0.3) is 5.91 Å². The molecule has 1 aromatic carbocycles. The van der Waals surface area contributed by atoms with Crippen LogP contribution >= 0.6 is 0 Å². The molecule has 1 N–H and O–H groups in total. The van der Waals surface area contributed by atoms with Crippen molar-refractivity contribution in [3.8, 4) is 11.8 Å². The first-order valence-electron chi connectivity index (χ1n) is 8.43. The average Bonchev–Trinajstić information content (AvgIpc) is 2.55. The Balaban J connectivity index is 2.87. The van der Waals surface area contributed by atoms with Crippen LogP contribution in [0.25, 0.3) is 0 Å². The van der Waals surface area contributed by atoms with Crippen LogP contribution in [0.1, 0.15) is 58.9 Å². The van der Waals surface area contributed by atoms with Gasteiger partial charge >= 0.3 is 0 Å². The Kier molecular flexibility index (Phi) is 7.73. The van der Waals surface area contributed by atoms with E-state index in [0.717, 1.165) is 19.3 Å². The van der Waals surface area contributed by atoms with Crippen molar-refractivity contribution in [1.29, 1.82) is 5.26 Å². The van der Waals surface area contributed by atoms with Gasteiger partial charge in [-0.1, -0.05) is 26.2 Å². The third-order valence-electron chi connectivity index (χ3n) is 3.91. The summed E-state index contributed by atoms with van der Waals surface area (Å²) in [5.41, 5.74) is 0.0766. The van der Waals surface area contributed by atoms with Gasteiger partial charge in [-0.2, -0.15) is 5.26 Å².